The Morgan fingerprint density at radius 2 is 0.757 bits per heavy atom. The van der Waals surface area contributed by atoms with Crippen molar-refractivity contribution in [2.75, 3.05) is 4.90 Å². The fourth-order valence-electron chi connectivity index (χ4n) is 5.31. The average molecular weight is 473 g/mol. The molecule has 0 spiro atoms. The van der Waals surface area contributed by atoms with Crippen LogP contribution in [0.2, 0.25) is 0 Å². The highest BCUT2D eigenvalue weighted by atomic mass is 15.2. The van der Waals surface area contributed by atoms with Crippen LogP contribution < -0.4 is 4.90 Å². The molecule has 1 aliphatic rings. The van der Waals surface area contributed by atoms with Crippen LogP contribution in [0.3, 0.4) is 0 Å². The number of para-hydroxylation sites is 2. The number of fused-ring (bicyclic) bond motifs is 5. The highest BCUT2D eigenvalue weighted by molar-refractivity contribution is 6.02. The van der Waals surface area contributed by atoms with Crippen molar-refractivity contribution in [2.45, 2.75) is 0 Å². The molecule has 6 aromatic rings. The Hall–Kier alpha value is -4.95. The van der Waals surface area contributed by atoms with Gasteiger partial charge in [0.05, 0.1) is 28.5 Å². The lowest BCUT2D eigenvalue weighted by Crippen LogP contribution is -2.11. The van der Waals surface area contributed by atoms with Gasteiger partial charge in [-0.05, 0) is 35.4 Å². The smallest absolute Gasteiger partial charge is 0.0730 e. The lowest BCUT2D eigenvalue weighted by molar-refractivity contribution is 1.25. The molecular formula is C35H24N2. The van der Waals surface area contributed by atoms with E-state index in [0.29, 0.717) is 0 Å². The molecule has 0 saturated carbocycles. The van der Waals surface area contributed by atoms with E-state index in [1.807, 2.05) is 12.1 Å². The zero-order valence-corrected chi connectivity index (χ0v) is 20.3. The van der Waals surface area contributed by atoms with Crippen LogP contribution in [-0.4, -0.2) is 4.98 Å². The van der Waals surface area contributed by atoms with Gasteiger partial charge in [-0.15, -0.1) is 0 Å². The molecule has 0 bridgehead atoms. The Morgan fingerprint density at radius 3 is 1.22 bits per heavy atom. The van der Waals surface area contributed by atoms with Gasteiger partial charge in [0.1, 0.15) is 0 Å². The Balaban J connectivity index is 1.55. The number of pyridine rings is 1. The van der Waals surface area contributed by atoms with Gasteiger partial charge in [0, 0.05) is 22.3 Å². The number of benzene rings is 5. The third-order valence-electron chi connectivity index (χ3n) is 7.00. The van der Waals surface area contributed by atoms with E-state index >= 15 is 0 Å². The van der Waals surface area contributed by atoms with Gasteiger partial charge >= 0.3 is 0 Å². The molecule has 0 saturated heterocycles. The molecule has 0 fully saturated rings. The van der Waals surface area contributed by atoms with E-state index in [4.69, 9.17) is 4.98 Å². The van der Waals surface area contributed by atoms with Crippen LogP contribution in [0.4, 0.5) is 17.1 Å². The number of aromatic nitrogens is 1. The number of rotatable bonds is 3. The number of hydrogen-bond acceptors (Lipinski definition) is 2. The molecule has 0 atom stereocenters. The Morgan fingerprint density at radius 1 is 0.378 bits per heavy atom. The van der Waals surface area contributed by atoms with E-state index in [0.717, 1.165) is 39.6 Å². The van der Waals surface area contributed by atoms with E-state index in [9.17, 15) is 0 Å². The second kappa shape index (κ2) is 8.92. The maximum Gasteiger partial charge on any atom is 0.0730 e. The first kappa shape index (κ1) is 21.3. The van der Waals surface area contributed by atoms with E-state index < -0.39 is 0 Å². The van der Waals surface area contributed by atoms with E-state index in [2.05, 4.69) is 138 Å². The third-order valence-corrected chi connectivity index (χ3v) is 7.00. The molecule has 1 aliphatic heterocycles. The van der Waals surface area contributed by atoms with Gasteiger partial charge in [-0.3, -0.25) is 0 Å². The van der Waals surface area contributed by atoms with Crippen molar-refractivity contribution in [3.8, 4) is 44.8 Å². The molecule has 0 aliphatic carbocycles. The quantitative estimate of drug-likeness (QED) is 0.254. The summed E-state index contributed by atoms with van der Waals surface area (Å²) in [4.78, 5) is 7.51. The molecule has 5 aromatic carbocycles. The zero-order valence-electron chi connectivity index (χ0n) is 20.3. The Bertz CT molecular complexity index is 1600. The minimum absolute atomic E-state index is 0.952. The van der Waals surface area contributed by atoms with Crippen molar-refractivity contribution in [2.24, 2.45) is 0 Å². The topological polar surface area (TPSA) is 16.1 Å². The molecule has 0 radical (unpaired) electrons. The van der Waals surface area contributed by atoms with Crippen molar-refractivity contribution in [3.63, 3.8) is 0 Å². The summed E-state index contributed by atoms with van der Waals surface area (Å²) in [5, 5.41) is 0. The standard InChI is InChI=1S/C35H24N2/c1-3-13-25(14-4-1)32-23-27(24-33(36-32)26-15-5-2-6-16-26)37-34-21-11-9-19-30(34)28-17-7-8-18-29(28)31-20-10-12-22-35(31)37/h1-24H. The fraction of sp³-hybridized carbons (Fsp3) is 0. The molecule has 174 valence electrons. The summed E-state index contributed by atoms with van der Waals surface area (Å²) < 4.78 is 0. The second-order valence-corrected chi connectivity index (χ2v) is 9.24. The molecule has 37 heavy (non-hydrogen) atoms. The first-order chi connectivity index (χ1) is 18.4. The summed E-state index contributed by atoms with van der Waals surface area (Å²) in [5.74, 6) is 0. The summed E-state index contributed by atoms with van der Waals surface area (Å²) in [6.07, 6.45) is 0. The molecule has 0 unspecified atom stereocenters. The van der Waals surface area contributed by atoms with Gasteiger partial charge in [-0.1, -0.05) is 121 Å². The normalized spacial score (nSPS) is 11.7. The van der Waals surface area contributed by atoms with Gasteiger partial charge < -0.3 is 4.90 Å². The first-order valence-corrected chi connectivity index (χ1v) is 12.6. The van der Waals surface area contributed by atoms with Crippen LogP contribution >= 0.6 is 0 Å². The van der Waals surface area contributed by atoms with E-state index in [-0.39, 0.29) is 0 Å². The summed E-state index contributed by atoms with van der Waals surface area (Å²) in [6, 6.07) is 51.4. The molecule has 2 heteroatoms. The molecular weight excluding hydrogens is 448 g/mol. The summed E-state index contributed by atoms with van der Waals surface area (Å²) in [6.45, 7) is 0. The third kappa shape index (κ3) is 3.71. The molecule has 0 N–H and O–H groups in total. The van der Waals surface area contributed by atoms with Crippen molar-refractivity contribution >= 4 is 17.1 Å². The van der Waals surface area contributed by atoms with Crippen LogP contribution in [-0.2, 0) is 0 Å². The monoisotopic (exact) mass is 472 g/mol. The van der Waals surface area contributed by atoms with Gasteiger partial charge in [0.2, 0.25) is 0 Å². The Kier molecular flexibility index (Phi) is 5.15. The van der Waals surface area contributed by atoms with Crippen LogP contribution in [0, 0.1) is 0 Å². The van der Waals surface area contributed by atoms with Gasteiger partial charge in [-0.2, -0.15) is 0 Å². The lowest BCUT2D eigenvalue weighted by Gasteiger charge is -2.28. The first-order valence-electron chi connectivity index (χ1n) is 12.6. The van der Waals surface area contributed by atoms with Gasteiger partial charge in [0.15, 0.2) is 0 Å². The van der Waals surface area contributed by atoms with Gasteiger partial charge in [-0.25, -0.2) is 4.98 Å². The van der Waals surface area contributed by atoms with Crippen molar-refractivity contribution in [3.05, 3.63) is 146 Å². The predicted molar refractivity (Wildman–Crippen MR) is 154 cm³/mol. The fourth-order valence-corrected chi connectivity index (χ4v) is 5.31. The zero-order chi connectivity index (χ0) is 24.6. The minimum Gasteiger partial charge on any atom is -0.309 e. The molecule has 0 amide bonds. The van der Waals surface area contributed by atoms with E-state index in [1.165, 1.54) is 22.3 Å². The maximum atomic E-state index is 5.12. The minimum atomic E-state index is 0.952. The summed E-state index contributed by atoms with van der Waals surface area (Å²) >= 11 is 0. The number of nitrogens with zero attached hydrogens (tertiary/aromatic N) is 2. The van der Waals surface area contributed by atoms with Crippen LogP contribution in [0.15, 0.2) is 146 Å². The molecule has 2 heterocycles. The molecule has 1 aromatic heterocycles. The predicted octanol–water partition coefficient (Wildman–Crippen LogP) is 9.53. The molecule has 2 nitrogen and oxygen atoms in total. The van der Waals surface area contributed by atoms with Crippen LogP contribution in [0.25, 0.3) is 44.8 Å². The highest BCUT2D eigenvalue weighted by Gasteiger charge is 2.26. The number of anilines is 3. The van der Waals surface area contributed by atoms with Crippen LogP contribution in [0.1, 0.15) is 0 Å². The lowest BCUT2D eigenvalue weighted by atomic mass is 9.95. The van der Waals surface area contributed by atoms with Crippen molar-refractivity contribution in [1.29, 1.82) is 0 Å². The molecule has 7 rings (SSSR count). The van der Waals surface area contributed by atoms with Crippen molar-refractivity contribution < 1.29 is 0 Å². The maximum absolute atomic E-state index is 5.12. The average Bonchev–Trinajstić information content (AvgIpc) is 3.11. The largest absolute Gasteiger partial charge is 0.309 e. The van der Waals surface area contributed by atoms with Crippen molar-refractivity contribution in [1.82, 2.24) is 4.98 Å². The summed E-state index contributed by atoms with van der Waals surface area (Å²) in [5.41, 5.74) is 12.4. The number of hydrogen-bond donors (Lipinski definition) is 0. The second-order valence-electron chi connectivity index (χ2n) is 9.24. The van der Waals surface area contributed by atoms with Crippen LogP contribution in [0.5, 0.6) is 0 Å². The Labute approximate surface area is 217 Å². The van der Waals surface area contributed by atoms with E-state index in [1.54, 1.807) is 0 Å². The van der Waals surface area contributed by atoms with Gasteiger partial charge in [0.25, 0.3) is 0 Å². The summed E-state index contributed by atoms with van der Waals surface area (Å²) in [7, 11) is 0. The highest BCUT2D eigenvalue weighted by Crippen LogP contribution is 2.51. The SMILES string of the molecule is c1ccc(-c2cc(N3c4ccccc4-c4ccccc4-c4ccccc43)cc(-c3ccccc3)n2)cc1.